The monoisotopic (exact) mass is 1480 g/mol. The predicted octanol–water partition coefficient (Wildman–Crippen LogP) is 19.5. The molecule has 4 heterocycles. The number of para-hydroxylation sites is 1. The van der Waals surface area contributed by atoms with Crippen molar-refractivity contribution in [1.82, 2.24) is 14.1 Å². The van der Waals surface area contributed by atoms with Crippen molar-refractivity contribution in [3.8, 4) is 73.2 Å². The van der Waals surface area contributed by atoms with Crippen molar-refractivity contribution in [3.63, 3.8) is 0 Å². The molecule has 0 unspecified atom stereocenters. The summed E-state index contributed by atoms with van der Waals surface area (Å²) in [6.07, 6.45) is 7.14. The summed E-state index contributed by atoms with van der Waals surface area (Å²) in [5.41, 5.74) is 6.94. The number of aromatic nitrogens is 4. The number of hydrogen-bond acceptors (Lipinski definition) is 2. The van der Waals surface area contributed by atoms with Crippen LogP contribution >= 0.6 is 0 Å². The number of rotatable bonds is 9. The van der Waals surface area contributed by atoms with Crippen LogP contribution in [0, 0.1) is 32.2 Å². The van der Waals surface area contributed by atoms with Gasteiger partial charge in [0, 0.05) is 52.5 Å². The zero-order chi connectivity index (χ0) is 84.3. The molecule has 7 heteroatoms. The first-order valence-electron chi connectivity index (χ1n) is 42.8. The Kier molecular flexibility index (Phi) is 10.7. The summed E-state index contributed by atoms with van der Waals surface area (Å²) in [5, 5.41) is -0.459. The molecule has 0 saturated carbocycles. The molecule has 14 aromatic rings. The number of hydrogen-bond donors (Lipinski definition) is 0. The van der Waals surface area contributed by atoms with E-state index in [0.29, 0.717) is 55.9 Å². The number of aryl methyl sites for hydroxylation is 2. The van der Waals surface area contributed by atoms with Crippen molar-refractivity contribution in [3.05, 3.63) is 294 Å². The number of pyridine rings is 1. The summed E-state index contributed by atoms with van der Waals surface area (Å²) in [4.78, 5) is 4.90. The molecule has 482 valence electrons. The Morgan fingerprint density at radius 2 is 1.12 bits per heavy atom. The molecule has 1 aliphatic carbocycles. The van der Waals surface area contributed by atoms with Gasteiger partial charge in [-0.25, -0.2) is 4.98 Å². The molecular formula is C90H80N4OPtSi-2. The molecule has 0 atom stereocenters. The molecule has 16 rings (SSSR count). The summed E-state index contributed by atoms with van der Waals surface area (Å²) in [5.74, 6) is 1.07. The van der Waals surface area contributed by atoms with E-state index < -0.39 is 144 Å². The van der Waals surface area contributed by atoms with Gasteiger partial charge in [-0.1, -0.05) is 250 Å². The van der Waals surface area contributed by atoms with Crippen LogP contribution in [0.3, 0.4) is 0 Å². The van der Waals surface area contributed by atoms with Gasteiger partial charge in [-0.3, -0.25) is 4.57 Å². The zero-order valence-electron chi connectivity index (χ0n) is 76.4. The van der Waals surface area contributed by atoms with Crippen LogP contribution in [0.1, 0.15) is 144 Å². The van der Waals surface area contributed by atoms with Crippen molar-refractivity contribution in [1.29, 1.82) is 0 Å². The molecule has 11 aromatic carbocycles. The predicted molar refractivity (Wildman–Crippen MR) is 401 cm³/mol. The van der Waals surface area contributed by atoms with Crippen molar-refractivity contribution in [2.24, 2.45) is 0 Å². The first-order valence-corrected chi connectivity index (χ1v) is 34.3. The Morgan fingerprint density at radius 1 is 0.536 bits per heavy atom. The fourth-order valence-corrected chi connectivity index (χ4v) is 18.5. The molecule has 0 spiro atoms. The number of benzene rings is 11. The average molecular weight is 1480 g/mol. The van der Waals surface area contributed by atoms with Gasteiger partial charge in [0.25, 0.3) is 6.33 Å². The van der Waals surface area contributed by atoms with Gasteiger partial charge in [-0.15, -0.1) is 29.7 Å². The van der Waals surface area contributed by atoms with Crippen LogP contribution in [0.5, 0.6) is 11.5 Å². The maximum atomic E-state index is 10.3. The first-order chi connectivity index (χ1) is 54.8. The molecule has 5 nitrogen and oxygen atoms in total. The minimum atomic E-state index is -5.98. The van der Waals surface area contributed by atoms with Gasteiger partial charge in [0.2, 0.25) is 0 Å². The van der Waals surface area contributed by atoms with Crippen LogP contribution in [-0.2, 0) is 42.7 Å². The Morgan fingerprint density at radius 3 is 1.74 bits per heavy atom. The van der Waals surface area contributed by atoms with Crippen LogP contribution in [-0.4, -0.2) is 22.2 Å². The first kappa shape index (κ1) is 43.7. The van der Waals surface area contributed by atoms with Gasteiger partial charge in [0.15, 0.2) is 8.07 Å². The second-order valence-corrected chi connectivity index (χ2v) is 32.2. The number of fused-ring (bicyclic) bond motifs is 11. The standard InChI is InChI=1S/C90H80N4OSi.Pt/c1-58-28-26-29-59(2)84(58)60-48-75-74-56-78-77(89(9,10)45-46-90(78,11)12)55-73(74)69-38-22-23-39-70(69)76-53-68(96(65-32-16-13-17-33-65,66-34-18-14-19-35-66)67-36-20-15-21-37-67)54-82-86(76)93(85(75)79(49-60)88(6,7)8)57-92(82)62-30-27-31-63(51-62)95-64-42-43-72-71-40-24-25-41-80(71)94(81(72)52-64)83-50-61(44-47-91-83)87(3,4)5;/h13-44,47-50,53-56H,45-46H2,1-12H3;/q-2;/i1D3,2D3,13D,14D,15D,16D,17D,18D,19D,20D,21D,32D,33D,34D,35D,36D,37D;. The average Bonchev–Trinajstić information content (AvgIpc) is 1.04. The quantitative estimate of drug-likeness (QED) is 0.0625. The van der Waals surface area contributed by atoms with Gasteiger partial charge in [-0.05, 0) is 188 Å². The van der Waals surface area contributed by atoms with Crippen LogP contribution in [0.15, 0.2) is 242 Å². The third kappa shape index (κ3) is 10.5. The molecule has 97 heavy (non-hydrogen) atoms. The summed E-state index contributed by atoms with van der Waals surface area (Å²) in [6.45, 7) is 15.4. The van der Waals surface area contributed by atoms with Crippen LogP contribution in [0.4, 0.5) is 0 Å². The molecule has 0 radical (unpaired) electrons. The number of imidazole rings is 1. The Bertz CT molecular complexity index is 6360. The maximum absolute atomic E-state index is 10.3. The SMILES string of the molecule is [2H]c1c([2H])c([2H])c([Si](c2cc3c4c(c2)n(-c2[c-]c(Oc5[c-]c6c(cc5)c5ccccc5n6-c5cc(C(C)(C)C)ccn5)ccc2)[c-][n+]4-c2c(cc(-c4c(C([2H])([2H])[2H])cccc4C([2H])([2H])[2H])cc2C(C)(C)C)-c2cc4c(cc2-c2ccccc2-3)C(C)(C)CCC4(C)C)(c2c([2H])c([2H])c([2H])c([2H])c2[2H])c2c([2H])c([2H])c([2H])c([2H])c2[2H])c([2H])c1[2H].[Pt]. The summed E-state index contributed by atoms with van der Waals surface area (Å²) in [6, 6.07) is 37.1. The fourth-order valence-electron chi connectivity index (χ4n) is 14.7. The normalized spacial score (nSPS) is 17.3. The minimum Gasteiger partial charge on any atom is -0.510 e. The molecule has 0 amide bonds. The molecule has 3 aromatic heterocycles. The summed E-state index contributed by atoms with van der Waals surface area (Å²) >= 11 is 0. The Balaban J connectivity index is 0.0000109. The summed E-state index contributed by atoms with van der Waals surface area (Å²) in [7, 11) is -5.98. The van der Waals surface area contributed by atoms with Crippen molar-refractivity contribution < 1.29 is 59.2 Å². The molecular weight excluding hydrogens is 1380 g/mol. The molecule has 0 bridgehead atoms. The summed E-state index contributed by atoms with van der Waals surface area (Å²) < 4.78 is 213. The molecule has 0 N–H and O–H groups in total. The second kappa shape index (κ2) is 23.7. The van der Waals surface area contributed by atoms with Crippen LogP contribution in [0.2, 0.25) is 0 Å². The zero-order valence-corrected chi connectivity index (χ0v) is 58.6. The van der Waals surface area contributed by atoms with Crippen LogP contribution in [0.25, 0.3) is 94.5 Å². The van der Waals surface area contributed by atoms with Gasteiger partial charge in [0.05, 0.1) is 37.3 Å². The van der Waals surface area contributed by atoms with E-state index in [4.69, 9.17) is 22.1 Å². The Hall–Kier alpha value is -9.45. The molecule has 2 aliphatic rings. The molecule has 0 saturated heterocycles. The van der Waals surface area contributed by atoms with E-state index >= 15 is 0 Å². The van der Waals surface area contributed by atoms with Crippen molar-refractivity contribution >= 4 is 61.7 Å². The van der Waals surface area contributed by atoms with E-state index in [0.717, 1.165) is 45.8 Å². The topological polar surface area (TPSA) is 35.9 Å². The van der Waals surface area contributed by atoms with E-state index in [9.17, 15) is 16.4 Å². The van der Waals surface area contributed by atoms with Crippen molar-refractivity contribution in [2.45, 2.75) is 117 Å². The van der Waals surface area contributed by atoms with Crippen LogP contribution < -0.4 is 30.1 Å². The van der Waals surface area contributed by atoms with E-state index in [1.807, 2.05) is 103 Å². The van der Waals surface area contributed by atoms with E-state index in [2.05, 4.69) is 85.1 Å². The van der Waals surface area contributed by atoms with Crippen molar-refractivity contribution in [2.75, 3.05) is 0 Å². The fraction of sp³-hybridized carbons (Fsp3) is 0.200. The second-order valence-electron chi connectivity index (χ2n) is 28.7. The molecule has 0 fully saturated rings. The smallest absolute Gasteiger partial charge is 0.268 e. The van der Waals surface area contributed by atoms with Gasteiger partial charge in [0.1, 0.15) is 5.82 Å². The van der Waals surface area contributed by atoms with Gasteiger partial charge in [-0.2, -0.15) is 18.2 Å². The van der Waals surface area contributed by atoms with Gasteiger partial charge >= 0.3 is 0 Å². The number of nitrogens with zero attached hydrogens (tertiary/aromatic N) is 4. The number of ether oxygens (including phenoxy) is 1. The third-order valence-corrected chi connectivity index (χ3v) is 23.9. The minimum absolute atomic E-state index is 0. The molecule has 1 aliphatic heterocycles. The van der Waals surface area contributed by atoms with E-state index in [1.54, 1.807) is 47.2 Å². The maximum Gasteiger partial charge on any atom is 0.268 e. The largest absolute Gasteiger partial charge is 0.510 e. The third-order valence-electron chi connectivity index (χ3n) is 19.7. The Labute approximate surface area is 616 Å². The van der Waals surface area contributed by atoms with Gasteiger partial charge < -0.3 is 13.9 Å². The van der Waals surface area contributed by atoms with E-state index in [-0.39, 0.29) is 82.2 Å². The van der Waals surface area contributed by atoms with E-state index in [1.165, 1.54) is 18.2 Å².